The molecule has 38 heavy (non-hydrogen) atoms. The van der Waals surface area contributed by atoms with Crippen LogP contribution in [-0.4, -0.2) is 69.7 Å². The number of thioether (sulfide) groups is 1. The Bertz CT molecular complexity index is 1100. The Morgan fingerprint density at radius 1 is 1.00 bits per heavy atom. The van der Waals surface area contributed by atoms with Crippen LogP contribution >= 0.6 is 11.8 Å². The molecule has 0 unspecified atom stereocenters. The summed E-state index contributed by atoms with van der Waals surface area (Å²) < 4.78 is 5.93. The second-order valence-electron chi connectivity index (χ2n) is 10.4. The molecule has 1 aliphatic heterocycles. The summed E-state index contributed by atoms with van der Waals surface area (Å²) in [5.74, 6) is -0.381. The van der Waals surface area contributed by atoms with Gasteiger partial charge in [0.2, 0.25) is 11.8 Å². The maximum atomic E-state index is 12.2. The highest BCUT2D eigenvalue weighted by molar-refractivity contribution is 7.99. The number of nitrogens with one attached hydrogen (secondary N) is 2. The van der Waals surface area contributed by atoms with Gasteiger partial charge in [-0.05, 0) is 74.1 Å². The number of amides is 2. The van der Waals surface area contributed by atoms with Crippen LogP contribution in [0, 0.1) is 6.92 Å². The number of rotatable bonds is 10. The maximum absolute atomic E-state index is 12.2. The topological polar surface area (TPSA) is 128 Å². The highest BCUT2D eigenvalue weighted by Gasteiger charge is 2.44. The fourth-order valence-electron chi connectivity index (χ4n) is 4.65. The highest BCUT2D eigenvalue weighted by atomic mass is 32.2. The lowest BCUT2D eigenvalue weighted by molar-refractivity contribution is -0.200. The number of aliphatic hydroxyl groups is 3. The van der Waals surface area contributed by atoms with E-state index >= 15 is 0 Å². The summed E-state index contributed by atoms with van der Waals surface area (Å²) in [7, 11) is 1.55. The van der Waals surface area contributed by atoms with E-state index in [0.29, 0.717) is 19.3 Å². The normalized spacial score (nSPS) is 23.6. The zero-order valence-electron chi connectivity index (χ0n) is 22.7. The molecule has 0 bridgehead atoms. The van der Waals surface area contributed by atoms with Crippen molar-refractivity contribution in [1.82, 2.24) is 10.6 Å². The van der Waals surface area contributed by atoms with Gasteiger partial charge in [-0.25, -0.2) is 0 Å². The van der Waals surface area contributed by atoms with Crippen LogP contribution in [-0.2, 0) is 27.2 Å². The van der Waals surface area contributed by atoms with E-state index in [1.807, 2.05) is 25.1 Å². The van der Waals surface area contributed by atoms with Gasteiger partial charge in [0.25, 0.3) is 0 Å². The molecular weight excluding hydrogens is 504 g/mol. The van der Waals surface area contributed by atoms with Gasteiger partial charge >= 0.3 is 0 Å². The molecule has 2 amide bonds. The minimum atomic E-state index is -1.28. The lowest BCUT2D eigenvalue weighted by atomic mass is 9.91. The molecule has 208 valence electrons. The zero-order valence-corrected chi connectivity index (χ0v) is 23.5. The first-order valence-electron chi connectivity index (χ1n) is 12.9. The largest absolute Gasteiger partial charge is 0.387 e. The van der Waals surface area contributed by atoms with Crippen molar-refractivity contribution in [3.63, 3.8) is 0 Å². The van der Waals surface area contributed by atoms with Crippen molar-refractivity contribution >= 4 is 23.6 Å². The molecule has 9 heteroatoms. The van der Waals surface area contributed by atoms with E-state index in [1.54, 1.807) is 27.2 Å². The third-order valence-corrected chi connectivity index (χ3v) is 7.89. The Labute approximate surface area is 229 Å². The monoisotopic (exact) mass is 544 g/mol. The molecular formula is C29H40N2O6S. The van der Waals surface area contributed by atoms with E-state index in [2.05, 4.69) is 34.9 Å². The van der Waals surface area contributed by atoms with Crippen molar-refractivity contribution in [2.24, 2.45) is 0 Å². The second-order valence-corrected chi connectivity index (χ2v) is 11.4. The van der Waals surface area contributed by atoms with Crippen molar-refractivity contribution in [2.45, 2.75) is 81.8 Å². The number of benzene rings is 2. The van der Waals surface area contributed by atoms with E-state index in [0.717, 1.165) is 34.2 Å². The molecule has 2 aromatic rings. The van der Waals surface area contributed by atoms with Gasteiger partial charge in [0.05, 0.1) is 0 Å². The number of carbonyl (C=O) groups is 2. The predicted octanol–water partition coefficient (Wildman–Crippen LogP) is 2.39. The molecule has 0 aromatic heterocycles. The quantitative estimate of drug-likeness (QED) is 0.311. The lowest BCUT2D eigenvalue weighted by Crippen LogP contribution is -2.53. The molecule has 1 heterocycles. The van der Waals surface area contributed by atoms with Crippen LogP contribution in [0.5, 0.6) is 0 Å². The molecule has 2 aromatic carbocycles. The van der Waals surface area contributed by atoms with Gasteiger partial charge in [0, 0.05) is 13.5 Å². The molecule has 5 N–H and O–H groups in total. The van der Waals surface area contributed by atoms with Gasteiger partial charge in [-0.15, -0.1) is 11.8 Å². The van der Waals surface area contributed by atoms with Gasteiger partial charge in [0.15, 0.2) is 0 Å². The van der Waals surface area contributed by atoms with Gasteiger partial charge in [-0.2, -0.15) is 0 Å². The van der Waals surface area contributed by atoms with Crippen molar-refractivity contribution in [2.75, 3.05) is 13.3 Å². The smallest absolute Gasteiger partial charge is 0.244 e. The highest BCUT2D eigenvalue weighted by Crippen LogP contribution is 2.36. The molecule has 0 spiro atoms. The van der Waals surface area contributed by atoms with Crippen LogP contribution in [0.3, 0.4) is 0 Å². The summed E-state index contributed by atoms with van der Waals surface area (Å²) in [6, 6.07) is 14.2. The zero-order chi connectivity index (χ0) is 28.0. The first kappa shape index (κ1) is 30.1. The number of aliphatic hydroxyl groups excluding tert-OH is 3. The van der Waals surface area contributed by atoms with Crippen molar-refractivity contribution in [1.29, 1.82) is 0 Å². The Balaban J connectivity index is 1.59. The van der Waals surface area contributed by atoms with Crippen LogP contribution < -0.4 is 10.6 Å². The molecule has 1 aliphatic rings. The minimum absolute atomic E-state index is 0.150. The van der Waals surface area contributed by atoms with E-state index < -0.39 is 35.4 Å². The van der Waals surface area contributed by atoms with E-state index in [4.69, 9.17) is 4.74 Å². The van der Waals surface area contributed by atoms with Gasteiger partial charge in [-0.1, -0.05) is 42.5 Å². The molecule has 0 aliphatic carbocycles. The fourth-order valence-corrected chi connectivity index (χ4v) is 5.32. The van der Waals surface area contributed by atoms with Crippen molar-refractivity contribution in [3.05, 3.63) is 70.3 Å². The Morgan fingerprint density at radius 3 is 2.29 bits per heavy atom. The average Bonchev–Trinajstić information content (AvgIpc) is 2.89. The first-order chi connectivity index (χ1) is 18.0. The number of ether oxygens (including phenoxy) is 1. The standard InChI is InChI=1S/C29H40N2O6S/c1-17-9-14-20(26-24(34)23(33)25(35)27(37-26)38-5)16-21(17)15-19-12-10-18(11-13-19)7-6-8-22(32)31-29(2,3)28(36)30-4/h9-14,16,23-27,33-35H,6-8,15H2,1-5H3,(H,30,36)(H,31,32)/t23-,24-,25+,26+,27-/m1/s1. The Hall–Kier alpha value is -2.43. The average molecular weight is 545 g/mol. The fraction of sp³-hybridized carbons (Fsp3) is 0.517. The number of hydrogen-bond donors (Lipinski definition) is 5. The summed E-state index contributed by atoms with van der Waals surface area (Å²) in [6.07, 6.45) is -0.125. The van der Waals surface area contributed by atoms with Crippen molar-refractivity contribution < 1.29 is 29.6 Å². The van der Waals surface area contributed by atoms with Crippen LogP contribution in [0.25, 0.3) is 0 Å². The van der Waals surface area contributed by atoms with Crippen LogP contribution in [0.2, 0.25) is 0 Å². The van der Waals surface area contributed by atoms with Crippen LogP contribution in [0.1, 0.15) is 60.6 Å². The number of likely N-dealkylation sites (N-methyl/N-ethyl adjacent to an activating group) is 1. The molecule has 3 rings (SSSR count). The molecule has 0 saturated carbocycles. The summed E-state index contributed by atoms with van der Waals surface area (Å²) in [5, 5.41) is 36.4. The molecule has 1 fully saturated rings. The molecule has 1 saturated heterocycles. The minimum Gasteiger partial charge on any atom is -0.387 e. The Morgan fingerprint density at radius 2 is 1.66 bits per heavy atom. The number of hydrogen-bond acceptors (Lipinski definition) is 7. The second kappa shape index (κ2) is 13.1. The molecule has 0 radical (unpaired) electrons. The predicted molar refractivity (Wildman–Crippen MR) is 149 cm³/mol. The molecule has 5 atom stereocenters. The summed E-state index contributed by atoms with van der Waals surface area (Å²) in [6.45, 7) is 5.39. The summed E-state index contributed by atoms with van der Waals surface area (Å²) in [5.41, 5.74) is 3.65. The van der Waals surface area contributed by atoms with Crippen LogP contribution in [0.4, 0.5) is 0 Å². The van der Waals surface area contributed by atoms with Gasteiger partial charge in [0.1, 0.15) is 35.4 Å². The maximum Gasteiger partial charge on any atom is 0.244 e. The van der Waals surface area contributed by atoms with Crippen molar-refractivity contribution in [3.8, 4) is 0 Å². The van der Waals surface area contributed by atoms with Crippen LogP contribution in [0.15, 0.2) is 42.5 Å². The summed E-state index contributed by atoms with van der Waals surface area (Å²) in [4.78, 5) is 24.1. The van der Waals surface area contributed by atoms with Gasteiger partial charge < -0.3 is 30.7 Å². The Kier molecular flexibility index (Phi) is 10.4. The van der Waals surface area contributed by atoms with E-state index in [9.17, 15) is 24.9 Å². The summed E-state index contributed by atoms with van der Waals surface area (Å²) >= 11 is 1.30. The number of carbonyl (C=O) groups excluding carboxylic acids is 2. The SMILES string of the molecule is CNC(=O)C(C)(C)NC(=O)CCCc1ccc(Cc2cc([C@@H]3O[C@H](SC)[C@@H](O)[C@H](O)[C@H]3O)ccc2C)cc1. The van der Waals surface area contributed by atoms with E-state index in [1.165, 1.54) is 11.8 Å². The van der Waals surface area contributed by atoms with Gasteiger partial charge in [-0.3, -0.25) is 9.59 Å². The lowest BCUT2D eigenvalue weighted by Gasteiger charge is -2.40. The number of aryl methyl sites for hydroxylation is 2. The van der Waals surface area contributed by atoms with E-state index in [-0.39, 0.29) is 11.8 Å². The third-order valence-electron chi connectivity index (χ3n) is 7.04. The third kappa shape index (κ3) is 7.36. The molecule has 8 nitrogen and oxygen atoms in total. The first-order valence-corrected chi connectivity index (χ1v) is 14.2.